The van der Waals surface area contributed by atoms with Gasteiger partial charge in [0.1, 0.15) is 0 Å². The second-order valence-corrected chi connectivity index (χ2v) is 3.70. The van der Waals surface area contributed by atoms with E-state index < -0.39 is 0 Å². The van der Waals surface area contributed by atoms with E-state index >= 15 is 0 Å². The lowest BCUT2D eigenvalue weighted by atomic mass is 10.3. The maximum Gasteiger partial charge on any atom is 0.347 e. The van der Waals surface area contributed by atoms with Crippen LogP contribution in [0.4, 0.5) is 0 Å². The lowest BCUT2D eigenvalue weighted by Crippen LogP contribution is -2.26. The Hall–Kier alpha value is -1.20. The first-order chi connectivity index (χ1) is 7.74. The molecule has 5 heteroatoms. The maximum atomic E-state index is 11.3. The number of aromatic nitrogens is 2. The molecule has 1 aromatic rings. The quantitative estimate of drug-likeness (QED) is 0.672. The second-order valence-electron chi connectivity index (χ2n) is 3.70. The molecule has 0 unspecified atom stereocenters. The lowest BCUT2D eigenvalue weighted by Gasteiger charge is -2.06. The Bertz CT molecular complexity index is 362. The van der Waals surface area contributed by atoms with Crippen molar-refractivity contribution in [3.05, 3.63) is 28.4 Å². The summed E-state index contributed by atoms with van der Waals surface area (Å²) in [4.78, 5) is 15.1. The van der Waals surface area contributed by atoms with E-state index in [1.54, 1.807) is 17.9 Å². The van der Waals surface area contributed by atoms with Crippen LogP contribution in [0.3, 0.4) is 0 Å². The average Bonchev–Trinajstić information content (AvgIpc) is 2.28. The fraction of sp³-hybridized carbons (Fsp3) is 0.636. The van der Waals surface area contributed by atoms with Crippen molar-refractivity contribution in [3.63, 3.8) is 0 Å². The van der Waals surface area contributed by atoms with E-state index in [0.29, 0.717) is 13.2 Å². The van der Waals surface area contributed by atoms with Crippen molar-refractivity contribution >= 4 is 0 Å². The molecule has 1 heterocycles. The highest BCUT2D eigenvalue weighted by atomic mass is 16.5. The van der Waals surface area contributed by atoms with E-state index in [-0.39, 0.29) is 5.69 Å². The van der Waals surface area contributed by atoms with Gasteiger partial charge in [-0.2, -0.15) is 0 Å². The maximum absolute atomic E-state index is 11.3. The third-order valence-corrected chi connectivity index (χ3v) is 2.22. The van der Waals surface area contributed by atoms with Crippen LogP contribution in [0.2, 0.25) is 0 Å². The molecule has 0 atom stereocenters. The van der Waals surface area contributed by atoms with Crippen LogP contribution in [-0.2, 0) is 11.3 Å². The number of nitrogens with one attached hydrogen (secondary N) is 1. The van der Waals surface area contributed by atoms with E-state index in [4.69, 9.17) is 4.74 Å². The standard InChI is InChI=1S/C11H19N3O2/c1-10-8-13-11(15)14(9-10)6-3-4-12-5-7-16-2/h8-9,12H,3-7H2,1-2H3. The summed E-state index contributed by atoms with van der Waals surface area (Å²) in [5, 5.41) is 3.23. The molecular formula is C11H19N3O2. The Kier molecular flexibility index (Phi) is 5.74. The summed E-state index contributed by atoms with van der Waals surface area (Å²) < 4.78 is 6.56. The monoisotopic (exact) mass is 225 g/mol. The Morgan fingerprint density at radius 2 is 2.31 bits per heavy atom. The number of methoxy groups -OCH3 is 1. The number of ether oxygens (including phenoxy) is 1. The number of hydrogen-bond acceptors (Lipinski definition) is 4. The summed E-state index contributed by atoms with van der Waals surface area (Å²) in [6, 6.07) is 0. The van der Waals surface area contributed by atoms with Crippen molar-refractivity contribution in [2.45, 2.75) is 19.9 Å². The lowest BCUT2D eigenvalue weighted by molar-refractivity contribution is 0.199. The minimum Gasteiger partial charge on any atom is -0.383 e. The molecule has 0 bridgehead atoms. The molecule has 0 amide bonds. The molecule has 1 aromatic heterocycles. The average molecular weight is 225 g/mol. The van der Waals surface area contributed by atoms with Crippen molar-refractivity contribution < 1.29 is 4.74 Å². The molecule has 16 heavy (non-hydrogen) atoms. The first-order valence-corrected chi connectivity index (χ1v) is 5.47. The van der Waals surface area contributed by atoms with Crippen molar-refractivity contribution in [2.24, 2.45) is 0 Å². The molecule has 0 aromatic carbocycles. The van der Waals surface area contributed by atoms with Gasteiger partial charge in [-0.15, -0.1) is 0 Å². The van der Waals surface area contributed by atoms with Gasteiger partial charge in [-0.1, -0.05) is 0 Å². The van der Waals surface area contributed by atoms with Crippen LogP contribution >= 0.6 is 0 Å². The van der Waals surface area contributed by atoms with E-state index in [1.807, 2.05) is 13.1 Å². The summed E-state index contributed by atoms with van der Waals surface area (Å²) in [5.41, 5.74) is 0.828. The number of aryl methyl sites for hydroxylation is 2. The normalized spacial score (nSPS) is 10.6. The third kappa shape index (κ3) is 4.55. The van der Waals surface area contributed by atoms with E-state index in [2.05, 4.69) is 10.3 Å². The molecule has 1 rings (SSSR count). The second kappa shape index (κ2) is 7.14. The van der Waals surface area contributed by atoms with Crippen molar-refractivity contribution in [3.8, 4) is 0 Å². The Balaban J connectivity index is 2.26. The van der Waals surface area contributed by atoms with Gasteiger partial charge >= 0.3 is 5.69 Å². The molecule has 0 aliphatic heterocycles. The summed E-state index contributed by atoms with van der Waals surface area (Å²) in [6.45, 7) is 5.07. The minimum atomic E-state index is -0.178. The topological polar surface area (TPSA) is 56.1 Å². The van der Waals surface area contributed by atoms with Gasteiger partial charge in [-0.3, -0.25) is 4.57 Å². The molecule has 1 N–H and O–H groups in total. The van der Waals surface area contributed by atoms with Crippen molar-refractivity contribution in [1.29, 1.82) is 0 Å². The molecular weight excluding hydrogens is 206 g/mol. The van der Waals surface area contributed by atoms with Crippen molar-refractivity contribution in [1.82, 2.24) is 14.9 Å². The molecule has 0 fully saturated rings. The molecule has 0 spiro atoms. The summed E-state index contributed by atoms with van der Waals surface area (Å²) in [6.07, 6.45) is 4.34. The molecule has 5 nitrogen and oxygen atoms in total. The number of rotatable bonds is 7. The van der Waals surface area contributed by atoms with Gasteiger partial charge in [0, 0.05) is 32.6 Å². The van der Waals surface area contributed by atoms with Crippen LogP contribution in [-0.4, -0.2) is 36.4 Å². The Morgan fingerprint density at radius 3 is 3.06 bits per heavy atom. The Labute approximate surface area is 95.5 Å². The van der Waals surface area contributed by atoms with Gasteiger partial charge in [0.05, 0.1) is 6.61 Å². The SMILES string of the molecule is COCCNCCCn1cc(C)cnc1=O. The van der Waals surface area contributed by atoms with Crippen LogP contribution in [0.15, 0.2) is 17.2 Å². The molecule has 0 saturated heterocycles. The fourth-order valence-corrected chi connectivity index (χ4v) is 1.40. The van der Waals surface area contributed by atoms with Gasteiger partial charge in [0.25, 0.3) is 0 Å². The molecule has 0 saturated carbocycles. The van der Waals surface area contributed by atoms with Gasteiger partial charge < -0.3 is 10.1 Å². The highest BCUT2D eigenvalue weighted by Crippen LogP contribution is 1.91. The predicted octanol–water partition coefficient (Wildman–Crippen LogP) is 0.178. The van der Waals surface area contributed by atoms with Crippen LogP contribution in [0.5, 0.6) is 0 Å². The fourth-order valence-electron chi connectivity index (χ4n) is 1.40. The van der Waals surface area contributed by atoms with Crippen LogP contribution in [0, 0.1) is 6.92 Å². The number of hydrogen-bond donors (Lipinski definition) is 1. The van der Waals surface area contributed by atoms with E-state index in [9.17, 15) is 4.79 Å². The largest absolute Gasteiger partial charge is 0.383 e. The zero-order valence-corrected chi connectivity index (χ0v) is 9.90. The molecule has 0 radical (unpaired) electrons. The summed E-state index contributed by atoms with van der Waals surface area (Å²) >= 11 is 0. The highest BCUT2D eigenvalue weighted by molar-refractivity contribution is 4.99. The molecule has 0 aliphatic rings. The van der Waals surface area contributed by atoms with Gasteiger partial charge in [-0.25, -0.2) is 9.78 Å². The zero-order chi connectivity index (χ0) is 11.8. The zero-order valence-electron chi connectivity index (χ0n) is 9.90. The van der Waals surface area contributed by atoms with Crippen molar-refractivity contribution in [2.75, 3.05) is 26.8 Å². The summed E-state index contributed by atoms with van der Waals surface area (Å²) in [7, 11) is 1.68. The summed E-state index contributed by atoms with van der Waals surface area (Å²) in [5.74, 6) is 0. The third-order valence-electron chi connectivity index (χ3n) is 2.22. The smallest absolute Gasteiger partial charge is 0.347 e. The molecule has 0 aliphatic carbocycles. The highest BCUT2D eigenvalue weighted by Gasteiger charge is 1.96. The predicted molar refractivity (Wildman–Crippen MR) is 62.6 cm³/mol. The van der Waals surface area contributed by atoms with E-state index in [1.165, 1.54) is 0 Å². The van der Waals surface area contributed by atoms with Crippen LogP contribution in [0.25, 0.3) is 0 Å². The minimum absolute atomic E-state index is 0.178. The van der Waals surface area contributed by atoms with Gasteiger partial charge in [-0.05, 0) is 25.5 Å². The molecule has 90 valence electrons. The first-order valence-electron chi connectivity index (χ1n) is 5.47. The van der Waals surface area contributed by atoms with Gasteiger partial charge in [0.15, 0.2) is 0 Å². The van der Waals surface area contributed by atoms with Crippen LogP contribution < -0.4 is 11.0 Å². The van der Waals surface area contributed by atoms with E-state index in [0.717, 1.165) is 25.1 Å². The first kappa shape index (κ1) is 12.9. The Morgan fingerprint density at radius 1 is 1.50 bits per heavy atom. The van der Waals surface area contributed by atoms with Gasteiger partial charge in [0.2, 0.25) is 0 Å². The van der Waals surface area contributed by atoms with Crippen LogP contribution in [0.1, 0.15) is 12.0 Å². The number of nitrogens with zero attached hydrogens (tertiary/aromatic N) is 2.